The van der Waals surface area contributed by atoms with Crippen LogP contribution in [0.2, 0.25) is 5.02 Å². The van der Waals surface area contributed by atoms with Crippen LogP contribution in [-0.2, 0) is 11.0 Å². The fourth-order valence-corrected chi connectivity index (χ4v) is 1.66. The topological polar surface area (TPSA) is 73.1 Å². The predicted octanol–water partition coefficient (Wildman–Crippen LogP) is 4.21. The van der Waals surface area contributed by atoms with Crippen LogP contribution in [0.3, 0.4) is 0 Å². The average Bonchev–Trinajstić information content (AvgIpc) is 2.40. The molecule has 0 saturated carbocycles. The van der Waals surface area contributed by atoms with Gasteiger partial charge in [-0.05, 0) is 30.7 Å². The fraction of sp³-hybridized carbons (Fsp3) is 0.143. The number of benzene rings is 1. The molecule has 1 aromatic carbocycles. The van der Waals surface area contributed by atoms with Gasteiger partial charge in [-0.3, -0.25) is 4.79 Å². The average molecular weight is 331 g/mol. The van der Waals surface area contributed by atoms with Crippen LogP contribution in [0.25, 0.3) is 0 Å². The van der Waals surface area contributed by atoms with Crippen molar-refractivity contribution < 1.29 is 23.1 Å². The maximum absolute atomic E-state index is 12.7. The van der Waals surface area contributed by atoms with Crippen molar-refractivity contribution in [3.63, 3.8) is 0 Å². The number of aliphatic hydroxyl groups is 1. The van der Waals surface area contributed by atoms with Crippen molar-refractivity contribution in [2.75, 3.05) is 5.32 Å². The summed E-state index contributed by atoms with van der Waals surface area (Å²) >= 11 is 5.45. The van der Waals surface area contributed by atoms with Gasteiger partial charge >= 0.3 is 6.18 Å². The van der Waals surface area contributed by atoms with Crippen LogP contribution < -0.4 is 5.32 Å². The van der Waals surface area contributed by atoms with Crippen molar-refractivity contribution in [2.24, 2.45) is 0 Å². The van der Waals surface area contributed by atoms with Gasteiger partial charge in [-0.2, -0.15) is 18.4 Å². The number of anilines is 1. The lowest BCUT2D eigenvalue weighted by molar-refractivity contribution is -0.137. The van der Waals surface area contributed by atoms with E-state index < -0.39 is 34.0 Å². The quantitative estimate of drug-likeness (QED) is 0.377. The highest BCUT2D eigenvalue weighted by Crippen LogP contribution is 2.36. The number of hydrogen-bond acceptors (Lipinski definition) is 3. The molecule has 0 radical (unpaired) electrons. The molecule has 2 N–H and O–H groups in total. The Morgan fingerprint density at radius 1 is 1.45 bits per heavy atom. The summed E-state index contributed by atoms with van der Waals surface area (Å²) in [5.74, 6) is -1.69. The maximum atomic E-state index is 12.7. The van der Waals surface area contributed by atoms with Gasteiger partial charge in [-0.25, -0.2) is 0 Å². The summed E-state index contributed by atoms with van der Waals surface area (Å²) in [4.78, 5) is 11.8. The third-order valence-electron chi connectivity index (χ3n) is 2.51. The third kappa shape index (κ3) is 4.02. The van der Waals surface area contributed by atoms with Gasteiger partial charge in [0.05, 0.1) is 10.6 Å². The number of nitrogens with zero attached hydrogens (tertiary/aromatic N) is 1. The van der Waals surface area contributed by atoms with Crippen LogP contribution in [0.5, 0.6) is 0 Å². The smallest absolute Gasteiger partial charge is 0.417 e. The van der Waals surface area contributed by atoms with E-state index in [-0.39, 0.29) is 11.3 Å². The molecule has 22 heavy (non-hydrogen) atoms. The van der Waals surface area contributed by atoms with E-state index >= 15 is 0 Å². The molecule has 0 fully saturated rings. The number of alkyl halides is 3. The normalized spacial score (nSPS) is 12.2. The van der Waals surface area contributed by atoms with Crippen molar-refractivity contribution in [3.8, 4) is 6.07 Å². The van der Waals surface area contributed by atoms with Crippen molar-refractivity contribution in [1.82, 2.24) is 0 Å². The summed E-state index contributed by atoms with van der Waals surface area (Å²) in [6.07, 6.45) is -4.69. The van der Waals surface area contributed by atoms with Crippen LogP contribution in [0.4, 0.5) is 18.9 Å². The summed E-state index contributed by atoms with van der Waals surface area (Å²) in [5.41, 5.74) is -1.93. The molecule has 1 rings (SSSR count). The Morgan fingerprint density at radius 3 is 2.50 bits per heavy atom. The van der Waals surface area contributed by atoms with Crippen LogP contribution in [-0.4, -0.2) is 11.0 Å². The molecule has 0 aromatic heterocycles. The van der Waals surface area contributed by atoms with E-state index in [1.807, 2.05) is 0 Å². The summed E-state index contributed by atoms with van der Waals surface area (Å²) in [6, 6.07) is 4.21. The van der Waals surface area contributed by atoms with Crippen molar-refractivity contribution >= 4 is 23.2 Å². The zero-order chi connectivity index (χ0) is 17.1. The standard InChI is InChI=1S/C14H10ClF3N2O2/c1-7(2)12(21)9(6-19)13(22)20-8-3-4-11(15)10(5-8)14(16,17)18/h3-5,21H,1H2,2H3,(H,20,22)/b12-9-. The van der Waals surface area contributed by atoms with Crippen LogP contribution in [0.1, 0.15) is 12.5 Å². The predicted molar refractivity (Wildman–Crippen MR) is 75.2 cm³/mol. The molecule has 0 aliphatic heterocycles. The Labute approximate surface area is 129 Å². The van der Waals surface area contributed by atoms with Gasteiger partial charge in [0.25, 0.3) is 5.91 Å². The molecule has 0 saturated heterocycles. The number of carbonyl (C=O) groups is 1. The first-order valence-electron chi connectivity index (χ1n) is 5.75. The van der Waals surface area contributed by atoms with Crippen LogP contribution in [0, 0.1) is 11.3 Å². The summed E-state index contributed by atoms with van der Waals surface area (Å²) in [7, 11) is 0. The lowest BCUT2D eigenvalue weighted by Gasteiger charge is -2.12. The molecule has 0 heterocycles. The first-order valence-corrected chi connectivity index (χ1v) is 6.13. The number of nitriles is 1. The highest BCUT2D eigenvalue weighted by atomic mass is 35.5. The van der Waals surface area contributed by atoms with Gasteiger partial charge in [0.1, 0.15) is 11.8 Å². The molecule has 1 aromatic rings. The van der Waals surface area contributed by atoms with E-state index in [9.17, 15) is 23.1 Å². The van der Waals surface area contributed by atoms with E-state index in [1.54, 1.807) is 0 Å². The molecule has 0 atom stereocenters. The molecule has 1 amide bonds. The number of hydrogen-bond donors (Lipinski definition) is 2. The molecule has 0 spiro atoms. The number of aliphatic hydroxyl groups excluding tert-OH is 1. The van der Waals surface area contributed by atoms with E-state index in [0.29, 0.717) is 6.07 Å². The molecule has 8 heteroatoms. The van der Waals surface area contributed by atoms with Crippen molar-refractivity contribution in [1.29, 1.82) is 5.26 Å². The largest absolute Gasteiger partial charge is 0.506 e. The molecular formula is C14H10ClF3N2O2. The minimum Gasteiger partial charge on any atom is -0.506 e. The zero-order valence-electron chi connectivity index (χ0n) is 11.3. The van der Waals surface area contributed by atoms with Crippen molar-refractivity contribution in [2.45, 2.75) is 13.1 Å². The van der Waals surface area contributed by atoms with Gasteiger partial charge in [-0.1, -0.05) is 18.2 Å². The second-order valence-corrected chi connectivity index (χ2v) is 4.67. The van der Waals surface area contributed by atoms with Gasteiger partial charge in [0.15, 0.2) is 5.57 Å². The van der Waals surface area contributed by atoms with Crippen LogP contribution >= 0.6 is 11.6 Å². The fourth-order valence-electron chi connectivity index (χ4n) is 1.44. The Morgan fingerprint density at radius 2 is 2.05 bits per heavy atom. The zero-order valence-corrected chi connectivity index (χ0v) is 12.0. The number of allylic oxidation sites excluding steroid dienone is 1. The minimum absolute atomic E-state index is 0.0683. The lowest BCUT2D eigenvalue weighted by atomic mass is 10.1. The molecule has 0 unspecified atom stereocenters. The van der Waals surface area contributed by atoms with Crippen LogP contribution in [0.15, 0.2) is 41.7 Å². The monoisotopic (exact) mass is 330 g/mol. The lowest BCUT2D eigenvalue weighted by Crippen LogP contribution is -2.16. The molecule has 116 valence electrons. The summed E-state index contributed by atoms with van der Waals surface area (Å²) in [5, 5.41) is 20.0. The number of nitrogens with one attached hydrogen (secondary N) is 1. The Hall–Kier alpha value is -2.46. The first kappa shape index (κ1) is 17.6. The second kappa shape index (κ2) is 6.54. The molecular weight excluding hydrogens is 321 g/mol. The third-order valence-corrected chi connectivity index (χ3v) is 2.84. The number of rotatable bonds is 3. The van der Waals surface area contributed by atoms with Gasteiger partial charge in [0, 0.05) is 5.69 Å². The Balaban J connectivity index is 3.16. The second-order valence-electron chi connectivity index (χ2n) is 4.26. The van der Waals surface area contributed by atoms with E-state index in [1.165, 1.54) is 13.0 Å². The van der Waals surface area contributed by atoms with E-state index in [4.69, 9.17) is 16.9 Å². The summed E-state index contributed by atoms with van der Waals surface area (Å²) < 4.78 is 38.1. The van der Waals surface area contributed by atoms with Gasteiger partial charge in [0.2, 0.25) is 0 Å². The summed E-state index contributed by atoms with van der Waals surface area (Å²) in [6.45, 7) is 4.73. The highest BCUT2D eigenvalue weighted by Gasteiger charge is 2.33. The number of halogens is 4. The van der Waals surface area contributed by atoms with Gasteiger partial charge in [-0.15, -0.1) is 0 Å². The van der Waals surface area contributed by atoms with E-state index in [2.05, 4.69) is 11.9 Å². The SMILES string of the molecule is C=C(C)/C(O)=C(\C#N)C(=O)Nc1ccc(Cl)c(C(F)(F)F)c1. The van der Waals surface area contributed by atoms with Crippen molar-refractivity contribution in [3.05, 3.63) is 52.3 Å². The van der Waals surface area contributed by atoms with Gasteiger partial charge < -0.3 is 10.4 Å². The molecule has 0 bridgehead atoms. The highest BCUT2D eigenvalue weighted by molar-refractivity contribution is 6.31. The molecule has 0 aliphatic carbocycles. The molecule has 0 aliphatic rings. The van der Waals surface area contributed by atoms with E-state index in [0.717, 1.165) is 12.1 Å². The Kier molecular flexibility index (Phi) is 5.23. The molecule has 4 nitrogen and oxygen atoms in total. The maximum Gasteiger partial charge on any atom is 0.417 e. The Bertz CT molecular complexity index is 703. The first-order chi connectivity index (χ1) is 10.1. The number of amides is 1. The minimum atomic E-state index is -4.69. The number of carbonyl (C=O) groups excluding carboxylic acids is 1.